The average molecular weight is 479 g/mol. The number of thioether (sulfide) groups is 1. The Kier molecular flexibility index (Phi) is 7.37. The lowest BCUT2D eigenvalue weighted by atomic mass is 9.97. The van der Waals surface area contributed by atoms with E-state index in [4.69, 9.17) is 0 Å². The van der Waals surface area contributed by atoms with E-state index in [0.29, 0.717) is 22.1 Å². The molecule has 0 aliphatic carbocycles. The Morgan fingerprint density at radius 3 is 2.47 bits per heavy atom. The van der Waals surface area contributed by atoms with Crippen molar-refractivity contribution in [3.05, 3.63) is 101 Å². The van der Waals surface area contributed by atoms with E-state index in [9.17, 15) is 13.6 Å². The first-order chi connectivity index (χ1) is 16.5. The first-order valence-electron chi connectivity index (χ1n) is 10.9. The number of nitrogens with one attached hydrogen (secondary N) is 1. The van der Waals surface area contributed by atoms with Crippen molar-refractivity contribution in [2.45, 2.75) is 24.5 Å². The molecule has 8 heteroatoms. The predicted molar refractivity (Wildman–Crippen MR) is 129 cm³/mol. The summed E-state index contributed by atoms with van der Waals surface area (Å²) in [5.74, 6) is -0.540. The van der Waals surface area contributed by atoms with Crippen LogP contribution in [-0.2, 0) is 18.3 Å². The van der Waals surface area contributed by atoms with E-state index >= 15 is 0 Å². The lowest BCUT2D eigenvalue weighted by molar-refractivity contribution is -0.119. The van der Waals surface area contributed by atoms with Gasteiger partial charge in [0.25, 0.3) is 0 Å². The van der Waals surface area contributed by atoms with Crippen LogP contribution in [-0.4, -0.2) is 26.4 Å². The van der Waals surface area contributed by atoms with E-state index in [1.165, 1.54) is 35.5 Å². The van der Waals surface area contributed by atoms with Crippen molar-refractivity contribution in [3.63, 3.8) is 0 Å². The van der Waals surface area contributed by atoms with Crippen molar-refractivity contribution in [2.75, 3.05) is 5.75 Å². The molecule has 5 nitrogen and oxygen atoms in total. The van der Waals surface area contributed by atoms with E-state index in [1.54, 1.807) is 41.9 Å². The van der Waals surface area contributed by atoms with Crippen molar-refractivity contribution < 1.29 is 13.6 Å². The topological polar surface area (TPSA) is 59.8 Å². The van der Waals surface area contributed by atoms with Gasteiger partial charge in [0, 0.05) is 7.05 Å². The van der Waals surface area contributed by atoms with Crippen molar-refractivity contribution >= 4 is 17.7 Å². The van der Waals surface area contributed by atoms with Crippen LogP contribution >= 0.6 is 11.8 Å². The minimum atomic E-state index is -0.497. The van der Waals surface area contributed by atoms with Gasteiger partial charge in [-0.1, -0.05) is 67.2 Å². The fourth-order valence-electron chi connectivity index (χ4n) is 3.64. The Labute approximate surface area is 201 Å². The van der Waals surface area contributed by atoms with Gasteiger partial charge in [0.15, 0.2) is 11.0 Å². The average Bonchev–Trinajstić information content (AvgIpc) is 3.21. The highest BCUT2D eigenvalue weighted by Gasteiger charge is 2.20. The zero-order chi connectivity index (χ0) is 24.1. The summed E-state index contributed by atoms with van der Waals surface area (Å²) in [6, 6.07) is 20.0. The molecule has 0 aliphatic heterocycles. The van der Waals surface area contributed by atoms with Gasteiger partial charge < -0.3 is 9.88 Å². The first-order valence-corrected chi connectivity index (χ1v) is 11.9. The van der Waals surface area contributed by atoms with Crippen LogP contribution in [0.2, 0.25) is 0 Å². The number of benzene rings is 3. The first kappa shape index (κ1) is 23.6. The Morgan fingerprint density at radius 2 is 1.76 bits per heavy atom. The zero-order valence-electron chi connectivity index (χ0n) is 18.8. The van der Waals surface area contributed by atoms with Gasteiger partial charge in [-0.3, -0.25) is 4.79 Å². The second-order valence-electron chi connectivity index (χ2n) is 7.78. The molecule has 0 saturated heterocycles. The second-order valence-corrected chi connectivity index (χ2v) is 8.73. The number of hydrogen-bond acceptors (Lipinski definition) is 4. The summed E-state index contributed by atoms with van der Waals surface area (Å²) in [7, 11) is 1.73. The van der Waals surface area contributed by atoms with E-state index in [2.05, 4.69) is 22.4 Å². The molecule has 1 heterocycles. The molecular formula is C26H24F2N4OS. The van der Waals surface area contributed by atoms with Crippen LogP contribution in [0.25, 0.3) is 11.4 Å². The summed E-state index contributed by atoms with van der Waals surface area (Å²) in [4.78, 5) is 12.9. The quantitative estimate of drug-likeness (QED) is 0.348. The third kappa shape index (κ3) is 5.34. The highest BCUT2D eigenvalue weighted by molar-refractivity contribution is 7.99. The minimum Gasteiger partial charge on any atom is -0.344 e. The molecule has 4 rings (SSSR count). The molecule has 4 aromatic rings. The maximum atomic E-state index is 14.1. The van der Waals surface area contributed by atoms with Gasteiger partial charge >= 0.3 is 0 Å². The molecule has 3 aromatic carbocycles. The third-order valence-corrected chi connectivity index (χ3v) is 6.51. The molecule has 0 unspecified atom stereocenters. The van der Waals surface area contributed by atoms with E-state index in [-0.39, 0.29) is 23.3 Å². The van der Waals surface area contributed by atoms with Crippen molar-refractivity contribution in [2.24, 2.45) is 7.05 Å². The van der Waals surface area contributed by atoms with Gasteiger partial charge in [-0.2, -0.15) is 0 Å². The monoisotopic (exact) mass is 478 g/mol. The van der Waals surface area contributed by atoms with Crippen LogP contribution in [0.3, 0.4) is 0 Å². The van der Waals surface area contributed by atoms with Gasteiger partial charge in [0.05, 0.1) is 17.4 Å². The number of aromatic nitrogens is 3. The molecule has 0 aliphatic rings. The molecule has 0 spiro atoms. The molecule has 0 saturated carbocycles. The van der Waals surface area contributed by atoms with Crippen LogP contribution in [0.15, 0.2) is 78.0 Å². The van der Waals surface area contributed by atoms with Gasteiger partial charge in [0.1, 0.15) is 11.6 Å². The zero-order valence-corrected chi connectivity index (χ0v) is 19.7. The summed E-state index contributed by atoms with van der Waals surface area (Å²) >= 11 is 1.20. The summed E-state index contributed by atoms with van der Waals surface area (Å²) in [5, 5.41) is 11.7. The molecule has 34 heavy (non-hydrogen) atoms. The van der Waals surface area contributed by atoms with Gasteiger partial charge in [-0.05, 0) is 47.4 Å². The van der Waals surface area contributed by atoms with Crippen molar-refractivity contribution in [3.8, 4) is 11.4 Å². The van der Waals surface area contributed by atoms with Crippen LogP contribution < -0.4 is 5.32 Å². The third-order valence-electron chi connectivity index (χ3n) is 5.49. The van der Waals surface area contributed by atoms with Gasteiger partial charge in [0.2, 0.25) is 5.91 Å². The summed E-state index contributed by atoms with van der Waals surface area (Å²) < 4.78 is 29.7. The number of aryl methyl sites for hydroxylation is 1. The van der Waals surface area contributed by atoms with E-state index < -0.39 is 6.04 Å². The molecule has 174 valence electrons. The summed E-state index contributed by atoms with van der Waals surface area (Å²) in [5.41, 5.74) is 3.04. The van der Waals surface area contributed by atoms with Crippen LogP contribution in [0.1, 0.15) is 29.7 Å². The van der Waals surface area contributed by atoms with Crippen molar-refractivity contribution in [1.29, 1.82) is 0 Å². The molecule has 0 fully saturated rings. The lowest BCUT2D eigenvalue weighted by Gasteiger charge is -2.20. The molecule has 1 aromatic heterocycles. The largest absolute Gasteiger partial charge is 0.344 e. The number of amides is 1. The fourth-order valence-corrected chi connectivity index (χ4v) is 4.36. The molecule has 0 bridgehead atoms. The molecule has 1 amide bonds. The number of nitrogens with zero attached hydrogens (tertiary/aromatic N) is 3. The maximum Gasteiger partial charge on any atom is 0.231 e. The second kappa shape index (κ2) is 10.6. The molecule has 1 atom stereocenters. The summed E-state index contributed by atoms with van der Waals surface area (Å²) in [6.07, 6.45) is 0.903. The Morgan fingerprint density at radius 1 is 1.00 bits per heavy atom. The number of carbonyl (C=O) groups is 1. The maximum absolute atomic E-state index is 14.1. The number of carbonyl (C=O) groups excluding carboxylic acids is 1. The Bertz CT molecular complexity index is 1290. The lowest BCUT2D eigenvalue weighted by Crippen LogP contribution is -2.30. The SMILES string of the molecule is CCc1ccc([C@H](NC(=O)CSc2nnc(-c3ccccc3F)n2C)c2cccc(F)c2)cc1. The molecule has 0 radical (unpaired) electrons. The van der Waals surface area contributed by atoms with Gasteiger partial charge in [-0.25, -0.2) is 8.78 Å². The molecule has 1 N–H and O–H groups in total. The van der Waals surface area contributed by atoms with Crippen LogP contribution in [0, 0.1) is 11.6 Å². The highest BCUT2D eigenvalue weighted by atomic mass is 32.2. The number of halogens is 2. The highest BCUT2D eigenvalue weighted by Crippen LogP contribution is 2.26. The Balaban J connectivity index is 1.50. The van der Waals surface area contributed by atoms with Crippen molar-refractivity contribution in [1.82, 2.24) is 20.1 Å². The van der Waals surface area contributed by atoms with E-state index in [1.807, 2.05) is 24.3 Å². The standard InChI is InChI=1S/C26H24F2N4OS/c1-3-17-11-13-18(14-12-17)24(19-7-6-8-20(27)15-19)29-23(33)16-34-26-31-30-25(32(26)2)21-9-4-5-10-22(21)28/h4-15,24H,3,16H2,1-2H3,(H,29,33)/t24-/m0/s1. The Hall–Kier alpha value is -3.52. The normalized spacial score (nSPS) is 11.9. The predicted octanol–water partition coefficient (Wildman–Crippen LogP) is 5.32. The van der Waals surface area contributed by atoms with Crippen LogP contribution in [0.4, 0.5) is 8.78 Å². The number of rotatable bonds is 8. The van der Waals surface area contributed by atoms with E-state index in [0.717, 1.165) is 12.0 Å². The molecular weight excluding hydrogens is 454 g/mol. The fraction of sp³-hybridized carbons (Fsp3) is 0.192. The smallest absolute Gasteiger partial charge is 0.231 e. The number of hydrogen-bond donors (Lipinski definition) is 1. The van der Waals surface area contributed by atoms with Gasteiger partial charge in [-0.15, -0.1) is 10.2 Å². The van der Waals surface area contributed by atoms with Crippen LogP contribution in [0.5, 0.6) is 0 Å². The summed E-state index contributed by atoms with van der Waals surface area (Å²) in [6.45, 7) is 2.07. The minimum absolute atomic E-state index is 0.0715.